The Morgan fingerprint density at radius 2 is 2.33 bits per heavy atom. The zero-order valence-electron chi connectivity index (χ0n) is 15.8. The summed E-state index contributed by atoms with van der Waals surface area (Å²) in [6.45, 7) is 7.18. The van der Waals surface area contributed by atoms with Crippen molar-refractivity contribution in [2.75, 3.05) is 24.6 Å². The minimum Gasteiger partial charge on any atom is -0.379 e. The molecular weight excluding hydrogens is 350 g/mol. The SMILES string of the molecule is Cc1cc(N2C[C@]34C=C[C@@H](O3)[C@H](C(=O)NCCCOC(C)C)[C@@H]4C2=O)no1. The number of aromatic nitrogens is 1. The lowest BCUT2D eigenvalue weighted by atomic mass is 9.77. The van der Waals surface area contributed by atoms with E-state index < -0.39 is 17.4 Å². The Balaban J connectivity index is 1.44. The molecule has 4 rings (SSSR count). The Morgan fingerprint density at radius 3 is 3.04 bits per heavy atom. The topological polar surface area (TPSA) is 93.9 Å². The van der Waals surface area contributed by atoms with Crippen molar-refractivity contribution in [2.45, 2.75) is 45.0 Å². The summed E-state index contributed by atoms with van der Waals surface area (Å²) >= 11 is 0. The average Bonchev–Trinajstić information content (AvgIpc) is 3.35. The number of amides is 2. The summed E-state index contributed by atoms with van der Waals surface area (Å²) in [4.78, 5) is 27.4. The summed E-state index contributed by atoms with van der Waals surface area (Å²) in [7, 11) is 0. The molecule has 3 aliphatic rings. The third-order valence-corrected chi connectivity index (χ3v) is 5.37. The van der Waals surface area contributed by atoms with Crippen LogP contribution in [0.1, 0.15) is 26.0 Å². The van der Waals surface area contributed by atoms with Crippen molar-refractivity contribution in [3.05, 3.63) is 24.0 Å². The number of hydrogen-bond acceptors (Lipinski definition) is 6. The summed E-state index contributed by atoms with van der Waals surface area (Å²) in [5.74, 6) is -0.244. The molecule has 0 aromatic carbocycles. The molecule has 2 saturated heterocycles. The second-order valence-electron chi connectivity index (χ2n) is 7.68. The first-order valence-corrected chi connectivity index (χ1v) is 9.42. The lowest BCUT2D eigenvalue weighted by Gasteiger charge is -2.23. The van der Waals surface area contributed by atoms with E-state index in [0.29, 0.717) is 31.3 Å². The number of nitrogens with zero attached hydrogens (tertiary/aromatic N) is 2. The molecule has 1 spiro atoms. The number of anilines is 1. The van der Waals surface area contributed by atoms with E-state index in [1.54, 1.807) is 17.9 Å². The average molecular weight is 375 g/mol. The highest BCUT2D eigenvalue weighted by Crippen LogP contribution is 2.52. The maximum Gasteiger partial charge on any atom is 0.235 e. The zero-order valence-corrected chi connectivity index (χ0v) is 15.8. The van der Waals surface area contributed by atoms with Crippen molar-refractivity contribution < 1.29 is 23.6 Å². The second-order valence-corrected chi connectivity index (χ2v) is 7.68. The van der Waals surface area contributed by atoms with Crippen LogP contribution in [0.15, 0.2) is 22.7 Å². The monoisotopic (exact) mass is 375 g/mol. The number of aryl methyl sites for hydroxylation is 1. The Kier molecular flexibility index (Phi) is 4.55. The highest BCUT2D eigenvalue weighted by Gasteiger charge is 2.67. The molecule has 0 saturated carbocycles. The molecule has 0 radical (unpaired) electrons. The van der Waals surface area contributed by atoms with Gasteiger partial charge in [0.15, 0.2) is 5.82 Å². The third kappa shape index (κ3) is 3.06. The fraction of sp³-hybridized carbons (Fsp3) is 0.632. The first-order valence-electron chi connectivity index (χ1n) is 9.42. The summed E-state index contributed by atoms with van der Waals surface area (Å²) in [6, 6.07) is 1.72. The van der Waals surface area contributed by atoms with Crippen LogP contribution in [-0.4, -0.2) is 54.5 Å². The molecule has 0 aliphatic carbocycles. The van der Waals surface area contributed by atoms with Crippen LogP contribution in [0.4, 0.5) is 5.82 Å². The largest absolute Gasteiger partial charge is 0.379 e. The highest BCUT2D eigenvalue weighted by atomic mass is 16.5. The number of ether oxygens (including phenoxy) is 2. The standard InChI is InChI=1S/C19H25N3O5/c1-11(2)25-8-4-7-20-17(23)15-13-5-6-19(26-13)10-22(18(24)16(15)19)14-9-12(3)27-21-14/h5-6,9,11,13,15-16H,4,7-8,10H2,1-3H3,(H,20,23)/t13-,15+,16-,19+/m1/s1. The predicted molar refractivity (Wildman–Crippen MR) is 96.0 cm³/mol. The Hall–Kier alpha value is -2.19. The Morgan fingerprint density at radius 1 is 1.52 bits per heavy atom. The van der Waals surface area contributed by atoms with Crippen LogP contribution in [0, 0.1) is 18.8 Å². The summed E-state index contributed by atoms with van der Waals surface area (Å²) in [6.07, 6.45) is 4.37. The van der Waals surface area contributed by atoms with E-state index in [0.717, 1.165) is 6.42 Å². The minimum atomic E-state index is -0.753. The van der Waals surface area contributed by atoms with Crippen molar-refractivity contribution in [3.8, 4) is 0 Å². The van der Waals surface area contributed by atoms with Gasteiger partial charge in [0, 0.05) is 19.2 Å². The molecule has 4 heterocycles. The van der Waals surface area contributed by atoms with Gasteiger partial charge in [0.05, 0.1) is 30.6 Å². The van der Waals surface area contributed by atoms with E-state index in [4.69, 9.17) is 14.0 Å². The number of hydrogen-bond donors (Lipinski definition) is 1. The van der Waals surface area contributed by atoms with Crippen molar-refractivity contribution >= 4 is 17.6 Å². The van der Waals surface area contributed by atoms with Crippen LogP contribution in [0.25, 0.3) is 0 Å². The van der Waals surface area contributed by atoms with Crippen LogP contribution in [0.3, 0.4) is 0 Å². The van der Waals surface area contributed by atoms with E-state index in [1.165, 1.54) is 0 Å². The quantitative estimate of drug-likeness (QED) is 0.569. The highest BCUT2D eigenvalue weighted by molar-refractivity contribution is 6.02. The number of nitrogens with one attached hydrogen (secondary N) is 1. The van der Waals surface area contributed by atoms with E-state index in [1.807, 2.05) is 26.0 Å². The van der Waals surface area contributed by atoms with Gasteiger partial charge in [-0.15, -0.1) is 0 Å². The summed E-state index contributed by atoms with van der Waals surface area (Å²) in [5.41, 5.74) is -0.753. The van der Waals surface area contributed by atoms with Gasteiger partial charge < -0.3 is 19.3 Å². The molecule has 8 heteroatoms. The van der Waals surface area contributed by atoms with E-state index >= 15 is 0 Å². The normalized spacial score (nSPS) is 31.2. The lowest BCUT2D eigenvalue weighted by Crippen LogP contribution is -2.44. The van der Waals surface area contributed by atoms with E-state index in [2.05, 4.69) is 10.5 Å². The maximum atomic E-state index is 13.1. The molecule has 1 N–H and O–H groups in total. The van der Waals surface area contributed by atoms with Crippen LogP contribution in [-0.2, 0) is 19.1 Å². The van der Waals surface area contributed by atoms with Crippen LogP contribution in [0.5, 0.6) is 0 Å². The fourth-order valence-electron chi connectivity index (χ4n) is 4.19. The minimum absolute atomic E-state index is 0.140. The Bertz CT molecular complexity index is 773. The van der Waals surface area contributed by atoms with Gasteiger partial charge in [0.1, 0.15) is 11.4 Å². The molecule has 27 heavy (non-hydrogen) atoms. The van der Waals surface area contributed by atoms with Crippen LogP contribution >= 0.6 is 0 Å². The lowest BCUT2D eigenvalue weighted by molar-refractivity contribution is -0.132. The van der Waals surface area contributed by atoms with Gasteiger partial charge in [-0.3, -0.25) is 14.5 Å². The number of fused-ring (bicyclic) bond motifs is 1. The van der Waals surface area contributed by atoms with Gasteiger partial charge in [-0.2, -0.15) is 0 Å². The molecular formula is C19H25N3O5. The molecule has 1 aromatic heterocycles. The summed E-state index contributed by atoms with van der Waals surface area (Å²) in [5, 5.41) is 6.88. The van der Waals surface area contributed by atoms with Gasteiger partial charge in [-0.1, -0.05) is 17.3 Å². The van der Waals surface area contributed by atoms with E-state index in [9.17, 15) is 9.59 Å². The van der Waals surface area contributed by atoms with Crippen molar-refractivity contribution in [1.82, 2.24) is 10.5 Å². The second kappa shape index (κ2) is 6.76. The van der Waals surface area contributed by atoms with Crippen LogP contribution < -0.4 is 10.2 Å². The molecule has 0 unspecified atom stereocenters. The van der Waals surface area contributed by atoms with Gasteiger partial charge in [0.25, 0.3) is 0 Å². The van der Waals surface area contributed by atoms with Crippen molar-refractivity contribution in [1.29, 1.82) is 0 Å². The van der Waals surface area contributed by atoms with Crippen molar-refractivity contribution in [2.24, 2.45) is 11.8 Å². The van der Waals surface area contributed by atoms with Gasteiger partial charge in [-0.25, -0.2) is 0 Å². The molecule has 3 aliphatic heterocycles. The smallest absolute Gasteiger partial charge is 0.235 e. The molecule has 2 fully saturated rings. The zero-order chi connectivity index (χ0) is 19.2. The number of carbonyl (C=O) groups is 2. The Labute approximate surface area is 157 Å². The van der Waals surface area contributed by atoms with Crippen molar-refractivity contribution in [3.63, 3.8) is 0 Å². The van der Waals surface area contributed by atoms with Crippen LogP contribution in [0.2, 0.25) is 0 Å². The first-order chi connectivity index (χ1) is 12.9. The third-order valence-electron chi connectivity index (χ3n) is 5.37. The van der Waals surface area contributed by atoms with Gasteiger partial charge >= 0.3 is 0 Å². The summed E-state index contributed by atoms with van der Waals surface area (Å²) < 4.78 is 16.7. The van der Waals surface area contributed by atoms with Gasteiger partial charge in [-0.05, 0) is 27.2 Å². The first kappa shape index (κ1) is 18.2. The molecule has 2 amide bonds. The molecule has 8 nitrogen and oxygen atoms in total. The number of carbonyl (C=O) groups excluding carboxylic acids is 2. The van der Waals surface area contributed by atoms with E-state index in [-0.39, 0.29) is 24.0 Å². The van der Waals surface area contributed by atoms with Gasteiger partial charge in [0.2, 0.25) is 11.8 Å². The maximum absolute atomic E-state index is 13.1. The predicted octanol–water partition coefficient (Wildman–Crippen LogP) is 1.20. The molecule has 4 atom stereocenters. The molecule has 146 valence electrons. The number of rotatable bonds is 7. The molecule has 1 aromatic rings. The molecule has 2 bridgehead atoms. The fourth-order valence-corrected chi connectivity index (χ4v) is 4.19.